The van der Waals surface area contributed by atoms with Gasteiger partial charge in [-0.2, -0.15) is 0 Å². The lowest BCUT2D eigenvalue weighted by Crippen LogP contribution is -2.29. The van der Waals surface area contributed by atoms with Crippen LogP contribution in [-0.2, 0) is 0 Å². The van der Waals surface area contributed by atoms with Crippen LogP contribution in [0.15, 0.2) is 36.9 Å². The van der Waals surface area contributed by atoms with E-state index >= 15 is 0 Å². The van der Waals surface area contributed by atoms with Gasteiger partial charge in [0.1, 0.15) is 0 Å². The first-order chi connectivity index (χ1) is 7.63. The predicted molar refractivity (Wildman–Crippen MR) is 67.7 cm³/mol. The van der Waals surface area contributed by atoms with E-state index < -0.39 is 0 Å². The number of nitrogens with one attached hydrogen (secondary N) is 2. The molecular formula is C13H18N2O. The number of carbonyl (C=O) groups is 1. The van der Waals surface area contributed by atoms with Crippen LogP contribution in [0.3, 0.4) is 0 Å². The quantitative estimate of drug-likeness (QED) is 0.745. The molecule has 16 heavy (non-hydrogen) atoms. The second kappa shape index (κ2) is 5.95. The summed E-state index contributed by atoms with van der Waals surface area (Å²) in [6.45, 7) is 8.23. The van der Waals surface area contributed by atoms with Crippen LogP contribution in [0.5, 0.6) is 0 Å². The Bertz CT molecular complexity index is 355. The summed E-state index contributed by atoms with van der Waals surface area (Å²) in [4.78, 5) is 11.6. The second-order valence-electron chi connectivity index (χ2n) is 3.88. The third-order valence-corrected chi connectivity index (χ3v) is 2.02. The summed E-state index contributed by atoms with van der Waals surface area (Å²) in [6.07, 6.45) is 1.79. The summed E-state index contributed by atoms with van der Waals surface area (Å²) in [6, 6.07) is 7.55. The second-order valence-corrected chi connectivity index (χ2v) is 3.88. The van der Waals surface area contributed by atoms with Gasteiger partial charge in [0.05, 0.1) is 0 Å². The molecule has 1 amide bonds. The average molecular weight is 218 g/mol. The zero-order valence-electron chi connectivity index (χ0n) is 9.79. The summed E-state index contributed by atoms with van der Waals surface area (Å²) in [5.41, 5.74) is 1.67. The molecular weight excluding hydrogens is 200 g/mol. The van der Waals surface area contributed by atoms with Gasteiger partial charge >= 0.3 is 0 Å². The van der Waals surface area contributed by atoms with Crippen molar-refractivity contribution in [3.8, 4) is 0 Å². The predicted octanol–water partition coefficient (Wildman–Crippen LogP) is 2.42. The van der Waals surface area contributed by atoms with E-state index in [2.05, 4.69) is 17.2 Å². The zero-order valence-corrected chi connectivity index (χ0v) is 9.79. The molecule has 0 aliphatic heterocycles. The van der Waals surface area contributed by atoms with Crippen molar-refractivity contribution in [1.82, 2.24) is 5.32 Å². The smallest absolute Gasteiger partial charge is 0.251 e. The molecule has 1 aromatic carbocycles. The number of benzene rings is 1. The van der Waals surface area contributed by atoms with Crippen LogP contribution in [0.1, 0.15) is 24.2 Å². The van der Waals surface area contributed by atoms with E-state index in [4.69, 9.17) is 0 Å². The third kappa shape index (κ3) is 3.77. The molecule has 0 heterocycles. The van der Waals surface area contributed by atoms with Crippen LogP contribution >= 0.6 is 0 Å². The average Bonchev–Trinajstić information content (AvgIpc) is 2.26. The first kappa shape index (κ1) is 12.3. The van der Waals surface area contributed by atoms with Crippen molar-refractivity contribution >= 4 is 11.6 Å². The largest absolute Gasteiger partial charge is 0.382 e. The Balaban J connectivity index is 2.63. The fraction of sp³-hybridized carbons (Fsp3) is 0.308. The minimum Gasteiger partial charge on any atom is -0.382 e. The maximum atomic E-state index is 11.6. The Hall–Kier alpha value is -1.77. The van der Waals surface area contributed by atoms with E-state index in [0.717, 1.165) is 12.2 Å². The standard InChI is InChI=1S/C13H18N2O/c1-4-9-14-12-7-5-11(6-8-12)13(16)15-10(2)3/h4-8,10,14H,1,9H2,2-3H3,(H,15,16). The molecule has 0 spiro atoms. The van der Waals surface area contributed by atoms with E-state index in [-0.39, 0.29) is 11.9 Å². The summed E-state index contributed by atoms with van der Waals surface area (Å²) < 4.78 is 0. The van der Waals surface area contributed by atoms with E-state index in [9.17, 15) is 4.79 Å². The van der Waals surface area contributed by atoms with Gasteiger partial charge in [-0.1, -0.05) is 6.08 Å². The van der Waals surface area contributed by atoms with Gasteiger partial charge in [-0.05, 0) is 38.1 Å². The number of rotatable bonds is 5. The monoisotopic (exact) mass is 218 g/mol. The number of hydrogen-bond donors (Lipinski definition) is 2. The Labute approximate surface area is 96.6 Å². The van der Waals surface area contributed by atoms with Gasteiger partial charge < -0.3 is 10.6 Å². The van der Waals surface area contributed by atoms with Crippen molar-refractivity contribution in [3.05, 3.63) is 42.5 Å². The maximum Gasteiger partial charge on any atom is 0.251 e. The number of amides is 1. The fourth-order valence-electron chi connectivity index (χ4n) is 1.27. The van der Waals surface area contributed by atoms with Crippen molar-refractivity contribution in [2.75, 3.05) is 11.9 Å². The molecule has 86 valence electrons. The van der Waals surface area contributed by atoms with Crippen molar-refractivity contribution in [2.24, 2.45) is 0 Å². The van der Waals surface area contributed by atoms with Crippen molar-refractivity contribution in [3.63, 3.8) is 0 Å². The van der Waals surface area contributed by atoms with Crippen LogP contribution in [0, 0.1) is 0 Å². The van der Waals surface area contributed by atoms with Gasteiger partial charge in [-0.3, -0.25) is 4.79 Å². The molecule has 1 rings (SSSR count). The Morgan fingerprint density at radius 3 is 2.50 bits per heavy atom. The lowest BCUT2D eigenvalue weighted by atomic mass is 10.2. The number of anilines is 1. The first-order valence-corrected chi connectivity index (χ1v) is 5.39. The van der Waals surface area contributed by atoms with Gasteiger partial charge in [-0.25, -0.2) is 0 Å². The summed E-state index contributed by atoms with van der Waals surface area (Å²) in [7, 11) is 0. The molecule has 3 heteroatoms. The number of hydrogen-bond acceptors (Lipinski definition) is 2. The highest BCUT2D eigenvalue weighted by atomic mass is 16.1. The van der Waals surface area contributed by atoms with E-state index in [0.29, 0.717) is 5.56 Å². The Kier molecular flexibility index (Phi) is 4.58. The number of carbonyl (C=O) groups excluding carboxylic acids is 1. The molecule has 0 unspecified atom stereocenters. The minimum atomic E-state index is -0.0368. The molecule has 0 saturated heterocycles. The molecule has 0 radical (unpaired) electrons. The topological polar surface area (TPSA) is 41.1 Å². The van der Waals surface area contributed by atoms with Gasteiger partial charge in [0.2, 0.25) is 0 Å². The van der Waals surface area contributed by atoms with E-state index in [1.807, 2.05) is 38.1 Å². The molecule has 0 aliphatic carbocycles. The fourth-order valence-corrected chi connectivity index (χ4v) is 1.27. The molecule has 0 saturated carbocycles. The third-order valence-electron chi connectivity index (χ3n) is 2.02. The van der Waals surface area contributed by atoms with Crippen LogP contribution in [-0.4, -0.2) is 18.5 Å². The molecule has 0 fully saturated rings. The highest BCUT2D eigenvalue weighted by Gasteiger charge is 2.05. The van der Waals surface area contributed by atoms with Crippen LogP contribution in [0.25, 0.3) is 0 Å². The van der Waals surface area contributed by atoms with Crippen molar-refractivity contribution in [1.29, 1.82) is 0 Å². The lowest BCUT2D eigenvalue weighted by Gasteiger charge is -2.09. The maximum absolute atomic E-state index is 11.6. The highest BCUT2D eigenvalue weighted by molar-refractivity contribution is 5.94. The van der Waals surface area contributed by atoms with Crippen LogP contribution in [0.4, 0.5) is 5.69 Å². The molecule has 0 aliphatic rings. The summed E-state index contributed by atoms with van der Waals surface area (Å²) in [5, 5.41) is 6.00. The van der Waals surface area contributed by atoms with E-state index in [1.165, 1.54) is 0 Å². The molecule has 0 aromatic heterocycles. The Morgan fingerprint density at radius 2 is 2.00 bits per heavy atom. The molecule has 0 bridgehead atoms. The van der Waals surface area contributed by atoms with E-state index in [1.54, 1.807) is 6.08 Å². The Morgan fingerprint density at radius 1 is 1.38 bits per heavy atom. The highest BCUT2D eigenvalue weighted by Crippen LogP contribution is 2.09. The van der Waals surface area contributed by atoms with Crippen molar-refractivity contribution in [2.45, 2.75) is 19.9 Å². The minimum absolute atomic E-state index is 0.0368. The lowest BCUT2D eigenvalue weighted by molar-refractivity contribution is 0.0943. The van der Waals surface area contributed by atoms with Gasteiger partial charge in [0.25, 0.3) is 5.91 Å². The first-order valence-electron chi connectivity index (χ1n) is 5.39. The molecule has 2 N–H and O–H groups in total. The summed E-state index contributed by atoms with van der Waals surface area (Å²) in [5.74, 6) is -0.0368. The van der Waals surface area contributed by atoms with Gasteiger partial charge in [0.15, 0.2) is 0 Å². The normalized spacial score (nSPS) is 9.94. The zero-order chi connectivity index (χ0) is 12.0. The van der Waals surface area contributed by atoms with Crippen LogP contribution in [0.2, 0.25) is 0 Å². The molecule has 3 nitrogen and oxygen atoms in total. The molecule has 1 aromatic rings. The van der Waals surface area contributed by atoms with Crippen molar-refractivity contribution < 1.29 is 4.79 Å². The summed E-state index contributed by atoms with van der Waals surface area (Å²) >= 11 is 0. The van der Waals surface area contributed by atoms with Gasteiger partial charge in [-0.15, -0.1) is 6.58 Å². The molecule has 0 atom stereocenters. The van der Waals surface area contributed by atoms with Crippen LogP contribution < -0.4 is 10.6 Å². The van der Waals surface area contributed by atoms with Gasteiger partial charge in [0, 0.05) is 23.8 Å². The SMILES string of the molecule is C=CCNc1ccc(C(=O)NC(C)C)cc1.